The van der Waals surface area contributed by atoms with E-state index in [9.17, 15) is 9.59 Å². The summed E-state index contributed by atoms with van der Waals surface area (Å²) in [6.07, 6.45) is 0. The van der Waals surface area contributed by atoms with E-state index in [2.05, 4.69) is 14.7 Å². The lowest BCUT2D eigenvalue weighted by atomic mass is 10.1. The number of ketones is 1. The summed E-state index contributed by atoms with van der Waals surface area (Å²) in [6.45, 7) is 0. The summed E-state index contributed by atoms with van der Waals surface area (Å²) < 4.78 is 4.29. The molecule has 1 atom stereocenters. The summed E-state index contributed by atoms with van der Waals surface area (Å²) in [5, 5.41) is 8.52. The summed E-state index contributed by atoms with van der Waals surface area (Å²) >= 11 is 11.0. The van der Waals surface area contributed by atoms with Crippen LogP contribution < -0.4 is 0 Å². The van der Waals surface area contributed by atoms with Crippen molar-refractivity contribution in [3.63, 3.8) is 0 Å². The Morgan fingerprint density at radius 2 is 2.19 bits per heavy atom. The summed E-state index contributed by atoms with van der Waals surface area (Å²) in [6, 6.07) is 1.51. The molecule has 6 nitrogen and oxygen atoms in total. The predicted octanol–water partition coefficient (Wildman–Crippen LogP) is 1.21. The Kier molecular flexibility index (Phi) is 3.88. The van der Waals surface area contributed by atoms with E-state index in [-0.39, 0.29) is 16.1 Å². The third-order valence-corrected chi connectivity index (χ3v) is 2.32. The van der Waals surface area contributed by atoms with Crippen LogP contribution in [0.4, 0.5) is 0 Å². The van der Waals surface area contributed by atoms with Gasteiger partial charge in [-0.2, -0.15) is 5.26 Å². The standard InChI is InChI=1S/C8H5Cl2N3O3/c1-16-8(15)3(2-11)4(14)7-12-5(9)6(10)13-7/h3H,1H3,(H,12,13). The number of imidazole rings is 1. The average molecular weight is 262 g/mol. The first-order valence-corrected chi connectivity index (χ1v) is 4.69. The molecule has 1 N–H and O–H groups in total. The van der Waals surface area contributed by atoms with Gasteiger partial charge in [0.05, 0.1) is 13.2 Å². The fourth-order valence-corrected chi connectivity index (χ4v) is 1.18. The number of carbonyl (C=O) groups is 2. The number of hydrogen-bond acceptors (Lipinski definition) is 5. The van der Waals surface area contributed by atoms with Gasteiger partial charge in [0, 0.05) is 0 Å². The number of methoxy groups -OCH3 is 1. The molecule has 1 aromatic heterocycles. The Labute approximate surface area is 100 Å². The van der Waals surface area contributed by atoms with Crippen LogP contribution in [-0.2, 0) is 9.53 Å². The molecule has 1 unspecified atom stereocenters. The highest BCUT2D eigenvalue weighted by atomic mass is 35.5. The monoisotopic (exact) mass is 261 g/mol. The number of halogens is 2. The van der Waals surface area contributed by atoms with Crippen LogP contribution in [0.15, 0.2) is 0 Å². The fourth-order valence-electron chi connectivity index (χ4n) is 0.920. The number of nitrogens with one attached hydrogen (secondary N) is 1. The zero-order valence-corrected chi connectivity index (χ0v) is 9.46. The zero-order chi connectivity index (χ0) is 12.3. The molecular weight excluding hydrogens is 257 g/mol. The first kappa shape index (κ1) is 12.5. The quantitative estimate of drug-likeness (QED) is 0.501. The van der Waals surface area contributed by atoms with Crippen LogP contribution in [0, 0.1) is 17.2 Å². The molecule has 0 radical (unpaired) electrons. The van der Waals surface area contributed by atoms with Crippen LogP contribution in [0.2, 0.25) is 10.3 Å². The van der Waals surface area contributed by atoms with E-state index in [1.807, 2.05) is 0 Å². The molecule has 1 heterocycles. The van der Waals surface area contributed by atoms with Crippen molar-refractivity contribution < 1.29 is 14.3 Å². The number of aromatic amines is 1. The number of nitrogens with zero attached hydrogens (tertiary/aromatic N) is 2. The highest BCUT2D eigenvalue weighted by molar-refractivity contribution is 6.40. The molecule has 0 aliphatic carbocycles. The first-order valence-electron chi connectivity index (χ1n) is 3.94. The summed E-state index contributed by atoms with van der Waals surface area (Å²) in [5.74, 6) is -3.64. The molecule has 0 aliphatic heterocycles. The van der Waals surface area contributed by atoms with E-state index >= 15 is 0 Å². The van der Waals surface area contributed by atoms with Crippen molar-refractivity contribution in [1.29, 1.82) is 5.26 Å². The Bertz CT molecular complexity index is 458. The molecule has 0 aromatic carbocycles. The summed E-state index contributed by atoms with van der Waals surface area (Å²) in [4.78, 5) is 28.6. The highest BCUT2D eigenvalue weighted by Crippen LogP contribution is 2.19. The number of carbonyl (C=O) groups excluding carboxylic acids is 2. The molecule has 0 fully saturated rings. The van der Waals surface area contributed by atoms with E-state index in [4.69, 9.17) is 28.5 Å². The third kappa shape index (κ3) is 2.32. The Hall–Kier alpha value is -1.58. The SMILES string of the molecule is COC(=O)C(C#N)C(=O)c1nc(Cl)c(Cl)[nH]1. The van der Waals surface area contributed by atoms with Gasteiger partial charge in [-0.05, 0) is 0 Å². The normalized spacial score (nSPS) is 11.6. The van der Waals surface area contributed by atoms with Crippen molar-refractivity contribution in [2.45, 2.75) is 0 Å². The molecule has 0 saturated heterocycles. The maximum absolute atomic E-state index is 11.6. The summed E-state index contributed by atoms with van der Waals surface area (Å²) in [7, 11) is 1.07. The minimum atomic E-state index is -1.58. The second-order valence-corrected chi connectivity index (χ2v) is 3.38. The summed E-state index contributed by atoms with van der Waals surface area (Å²) in [5.41, 5.74) is 0. The lowest BCUT2D eigenvalue weighted by Gasteiger charge is -2.02. The van der Waals surface area contributed by atoms with Gasteiger partial charge in [-0.3, -0.25) is 9.59 Å². The van der Waals surface area contributed by atoms with Gasteiger partial charge in [0.15, 0.2) is 11.0 Å². The van der Waals surface area contributed by atoms with Gasteiger partial charge >= 0.3 is 5.97 Å². The molecule has 0 bridgehead atoms. The second-order valence-electron chi connectivity index (χ2n) is 2.64. The van der Waals surface area contributed by atoms with Gasteiger partial charge in [-0.1, -0.05) is 23.2 Å². The average Bonchev–Trinajstić information content (AvgIpc) is 2.59. The van der Waals surface area contributed by atoms with Crippen molar-refractivity contribution in [1.82, 2.24) is 9.97 Å². The zero-order valence-electron chi connectivity index (χ0n) is 7.95. The molecule has 1 aromatic rings. The number of nitriles is 1. The van der Waals surface area contributed by atoms with Crippen molar-refractivity contribution in [2.75, 3.05) is 7.11 Å². The Morgan fingerprint density at radius 3 is 2.56 bits per heavy atom. The Morgan fingerprint density at radius 1 is 1.56 bits per heavy atom. The lowest BCUT2D eigenvalue weighted by molar-refractivity contribution is -0.141. The molecule has 84 valence electrons. The fraction of sp³-hybridized carbons (Fsp3) is 0.250. The molecule has 1 rings (SSSR count). The molecule has 16 heavy (non-hydrogen) atoms. The molecular formula is C8H5Cl2N3O3. The van der Waals surface area contributed by atoms with Gasteiger partial charge in [-0.15, -0.1) is 0 Å². The molecule has 8 heteroatoms. The van der Waals surface area contributed by atoms with E-state index in [0.717, 1.165) is 7.11 Å². The number of esters is 1. The second kappa shape index (κ2) is 4.96. The number of ether oxygens (including phenoxy) is 1. The van der Waals surface area contributed by atoms with E-state index < -0.39 is 17.7 Å². The van der Waals surface area contributed by atoms with E-state index in [1.165, 1.54) is 6.07 Å². The minimum absolute atomic E-state index is 0.0356. The maximum atomic E-state index is 11.6. The highest BCUT2D eigenvalue weighted by Gasteiger charge is 2.31. The topological polar surface area (TPSA) is 95.8 Å². The number of hydrogen-bond donors (Lipinski definition) is 1. The van der Waals surface area contributed by atoms with Crippen LogP contribution >= 0.6 is 23.2 Å². The van der Waals surface area contributed by atoms with Crippen molar-refractivity contribution in [3.8, 4) is 6.07 Å². The smallest absolute Gasteiger partial charge is 0.331 e. The van der Waals surface area contributed by atoms with Crippen molar-refractivity contribution in [2.24, 2.45) is 5.92 Å². The van der Waals surface area contributed by atoms with Crippen LogP contribution in [-0.4, -0.2) is 28.8 Å². The lowest BCUT2D eigenvalue weighted by Crippen LogP contribution is -2.24. The van der Waals surface area contributed by atoms with Crippen molar-refractivity contribution in [3.05, 3.63) is 16.1 Å². The van der Waals surface area contributed by atoms with Crippen molar-refractivity contribution >= 4 is 35.0 Å². The number of rotatable bonds is 3. The van der Waals surface area contributed by atoms with Gasteiger partial charge in [0.2, 0.25) is 11.7 Å². The van der Waals surface area contributed by atoms with E-state index in [0.29, 0.717) is 0 Å². The Balaban J connectivity index is 3.01. The molecule has 0 spiro atoms. The minimum Gasteiger partial charge on any atom is -0.468 e. The predicted molar refractivity (Wildman–Crippen MR) is 54.1 cm³/mol. The molecule has 0 aliphatic rings. The number of H-pyrrole nitrogens is 1. The number of Topliss-reactive ketones (excluding diaryl/α,β-unsaturated/α-hetero) is 1. The third-order valence-electron chi connectivity index (χ3n) is 1.68. The number of aromatic nitrogens is 2. The molecule has 0 saturated carbocycles. The van der Waals surface area contributed by atoms with Crippen LogP contribution in [0.3, 0.4) is 0 Å². The van der Waals surface area contributed by atoms with Crippen LogP contribution in [0.25, 0.3) is 0 Å². The van der Waals surface area contributed by atoms with E-state index in [1.54, 1.807) is 0 Å². The van der Waals surface area contributed by atoms with Gasteiger partial charge < -0.3 is 9.72 Å². The first-order chi connectivity index (χ1) is 7.51. The maximum Gasteiger partial charge on any atom is 0.331 e. The van der Waals surface area contributed by atoms with Gasteiger partial charge in [0.25, 0.3) is 0 Å². The van der Waals surface area contributed by atoms with Gasteiger partial charge in [0.1, 0.15) is 5.15 Å². The molecule has 0 amide bonds. The van der Waals surface area contributed by atoms with Gasteiger partial charge in [-0.25, -0.2) is 4.98 Å². The van der Waals surface area contributed by atoms with Crippen LogP contribution in [0.5, 0.6) is 0 Å². The van der Waals surface area contributed by atoms with Crippen LogP contribution in [0.1, 0.15) is 10.6 Å². The largest absolute Gasteiger partial charge is 0.468 e.